The van der Waals surface area contributed by atoms with Crippen molar-refractivity contribution in [3.63, 3.8) is 0 Å². The number of nitrogens with two attached hydrogens (primary N) is 1. The van der Waals surface area contributed by atoms with Crippen LogP contribution in [0, 0.1) is 11.6 Å². The van der Waals surface area contributed by atoms with E-state index in [0.29, 0.717) is 10.6 Å². The fraction of sp³-hybridized carbons (Fsp3) is 0.0769. The molecule has 0 amide bonds. The van der Waals surface area contributed by atoms with Crippen molar-refractivity contribution in [2.45, 2.75) is 6.04 Å². The molecule has 6 heteroatoms. The van der Waals surface area contributed by atoms with E-state index in [1.165, 1.54) is 0 Å². The lowest BCUT2D eigenvalue weighted by molar-refractivity contribution is 0.545. The van der Waals surface area contributed by atoms with Gasteiger partial charge in [-0.25, -0.2) is 14.2 Å². The lowest BCUT2D eigenvalue weighted by atomic mass is 9.98. The molecule has 1 unspecified atom stereocenters. The molecule has 0 spiro atoms. The molecule has 2 aromatic rings. The maximum absolute atomic E-state index is 13.8. The highest BCUT2D eigenvalue weighted by Gasteiger charge is 2.20. The summed E-state index contributed by atoms with van der Waals surface area (Å²) in [5.74, 6) is 4.37. The smallest absolute Gasteiger partial charge is 0.128 e. The summed E-state index contributed by atoms with van der Waals surface area (Å²) in [5, 5.41) is 0.412. The number of halogens is 4. The molecule has 1 atom stereocenters. The minimum absolute atomic E-state index is 0.0995. The fourth-order valence-corrected chi connectivity index (χ4v) is 2.42. The van der Waals surface area contributed by atoms with Gasteiger partial charge in [-0.05, 0) is 42.0 Å². The first-order valence-electron chi connectivity index (χ1n) is 5.39. The first-order valence-corrected chi connectivity index (χ1v) is 6.56. The molecule has 2 rings (SSSR count). The Morgan fingerprint density at radius 1 is 1.11 bits per heavy atom. The van der Waals surface area contributed by atoms with Gasteiger partial charge >= 0.3 is 0 Å². The van der Waals surface area contributed by atoms with E-state index in [0.717, 1.165) is 22.7 Å². The summed E-state index contributed by atoms with van der Waals surface area (Å²) < 4.78 is 27.8. The zero-order chi connectivity index (χ0) is 14.0. The van der Waals surface area contributed by atoms with Crippen LogP contribution in [0.15, 0.2) is 40.9 Å². The minimum Gasteiger partial charge on any atom is -0.271 e. The topological polar surface area (TPSA) is 38.0 Å². The van der Waals surface area contributed by atoms with Gasteiger partial charge in [-0.15, -0.1) is 0 Å². The molecule has 0 saturated carbocycles. The lowest BCUT2D eigenvalue weighted by Gasteiger charge is -2.19. The maximum atomic E-state index is 13.8. The average Bonchev–Trinajstić information content (AvgIpc) is 2.38. The summed E-state index contributed by atoms with van der Waals surface area (Å²) in [6.45, 7) is 0. The van der Waals surface area contributed by atoms with Crippen LogP contribution in [-0.2, 0) is 0 Å². The van der Waals surface area contributed by atoms with Crippen LogP contribution in [0.4, 0.5) is 8.78 Å². The monoisotopic (exact) mass is 346 g/mol. The SMILES string of the molecule is NNC(c1cc(F)ccc1F)c1cc(Br)ccc1Cl. The van der Waals surface area contributed by atoms with Crippen LogP contribution in [0.25, 0.3) is 0 Å². The van der Waals surface area contributed by atoms with Gasteiger partial charge in [-0.1, -0.05) is 27.5 Å². The molecule has 0 fully saturated rings. The van der Waals surface area contributed by atoms with E-state index in [1.54, 1.807) is 18.2 Å². The van der Waals surface area contributed by atoms with Crippen molar-refractivity contribution in [1.29, 1.82) is 0 Å². The van der Waals surface area contributed by atoms with Crippen LogP contribution in [0.1, 0.15) is 17.2 Å². The van der Waals surface area contributed by atoms with Gasteiger partial charge in [-0.3, -0.25) is 5.84 Å². The molecule has 2 nitrogen and oxygen atoms in total. The second-order valence-electron chi connectivity index (χ2n) is 3.93. The third-order valence-electron chi connectivity index (χ3n) is 2.70. The van der Waals surface area contributed by atoms with Crippen molar-refractivity contribution < 1.29 is 8.78 Å². The van der Waals surface area contributed by atoms with Gasteiger partial charge in [0.1, 0.15) is 11.6 Å². The van der Waals surface area contributed by atoms with Crippen molar-refractivity contribution in [1.82, 2.24) is 5.43 Å². The van der Waals surface area contributed by atoms with Gasteiger partial charge in [0.05, 0.1) is 6.04 Å². The van der Waals surface area contributed by atoms with Crippen LogP contribution in [-0.4, -0.2) is 0 Å². The van der Waals surface area contributed by atoms with Crippen molar-refractivity contribution in [3.8, 4) is 0 Å². The van der Waals surface area contributed by atoms with Crippen LogP contribution >= 0.6 is 27.5 Å². The molecule has 0 aromatic heterocycles. The van der Waals surface area contributed by atoms with E-state index in [9.17, 15) is 8.78 Å². The van der Waals surface area contributed by atoms with E-state index < -0.39 is 17.7 Å². The molecule has 0 heterocycles. The van der Waals surface area contributed by atoms with Gasteiger partial charge in [0, 0.05) is 15.1 Å². The van der Waals surface area contributed by atoms with E-state index in [1.807, 2.05) is 0 Å². The van der Waals surface area contributed by atoms with Crippen LogP contribution in [0.3, 0.4) is 0 Å². The Labute approximate surface area is 122 Å². The summed E-state index contributed by atoms with van der Waals surface area (Å²) in [5.41, 5.74) is 3.12. The first-order chi connectivity index (χ1) is 9.02. The standard InChI is InChI=1S/C13H10BrClF2N2/c14-7-1-3-11(15)9(5-7)13(19-18)10-6-8(16)2-4-12(10)17/h1-6,13,19H,18H2. The summed E-state index contributed by atoms with van der Waals surface area (Å²) >= 11 is 9.38. The zero-order valence-corrected chi connectivity index (χ0v) is 12.0. The first kappa shape index (κ1) is 14.4. The Morgan fingerprint density at radius 3 is 2.53 bits per heavy atom. The van der Waals surface area contributed by atoms with Gasteiger partial charge < -0.3 is 0 Å². The summed E-state index contributed by atoms with van der Waals surface area (Å²) in [6.07, 6.45) is 0. The van der Waals surface area contributed by atoms with Crippen LogP contribution in [0.5, 0.6) is 0 Å². The summed E-state index contributed by atoms with van der Waals surface area (Å²) in [4.78, 5) is 0. The Hall–Kier alpha value is -1.01. The Bertz CT molecular complexity index is 556. The van der Waals surface area contributed by atoms with Gasteiger partial charge in [0.2, 0.25) is 0 Å². The number of rotatable bonds is 3. The number of hydrazine groups is 1. The molecule has 0 aliphatic carbocycles. The van der Waals surface area contributed by atoms with Gasteiger partial charge in [0.15, 0.2) is 0 Å². The summed E-state index contributed by atoms with van der Waals surface area (Å²) in [6, 6.07) is 7.58. The van der Waals surface area contributed by atoms with Crippen molar-refractivity contribution >= 4 is 27.5 Å². The maximum Gasteiger partial charge on any atom is 0.128 e. The Kier molecular flexibility index (Phi) is 4.52. The molecular weight excluding hydrogens is 338 g/mol. The number of nitrogens with one attached hydrogen (secondary N) is 1. The average molecular weight is 348 g/mol. The number of benzene rings is 2. The second-order valence-corrected chi connectivity index (χ2v) is 5.25. The highest BCUT2D eigenvalue weighted by molar-refractivity contribution is 9.10. The molecule has 0 saturated heterocycles. The molecule has 0 aliphatic rings. The van der Waals surface area contributed by atoms with Crippen molar-refractivity contribution in [2.24, 2.45) is 5.84 Å². The van der Waals surface area contributed by atoms with E-state index >= 15 is 0 Å². The molecule has 0 radical (unpaired) electrons. The van der Waals surface area contributed by atoms with Crippen LogP contribution in [0.2, 0.25) is 5.02 Å². The van der Waals surface area contributed by atoms with Crippen molar-refractivity contribution in [2.75, 3.05) is 0 Å². The normalized spacial score (nSPS) is 12.5. The molecule has 19 heavy (non-hydrogen) atoms. The quantitative estimate of drug-likeness (QED) is 0.652. The lowest BCUT2D eigenvalue weighted by Crippen LogP contribution is -2.30. The highest BCUT2D eigenvalue weighted by Crippen LogP contribution is 2.31. The molecule has 0 aliphatic heterocycles. The molecular formula is C13H10BrClF2N2. The largest absolute Gasteiger partial charge is 0.271 e. The van der Waals surface area contributed by atoms with Gasteiger partial charge in [-0.2, -0.15) is 0 Å². The molecule has 100 valence electrons. The highest BCUT2D eigenvalue weighted by atomic mass is 79.9. The minimum atomic E-state index is -0.735. The predicted molar refractivity (Wildman–Crippen MR) is 74.7 cm³/mol. The van der Waals surface area contributed by atoms with Crippen LogP contribution < -0.4 is 11.3 Å². The third-order valence-corrected chi connectivity index (χ3v) is 3.54. The van der Waals surface area contributed by atoms with E-state index in [-0.39, 0.29) is 5.56 Å². The molecule has 0 bridgehead atoms. The number of hydrogen-bond donors (Lipinski definition) is 2. The summed E-state index contributed by atoms with van der Waals surface area (Å²) in [7, 11) is 0. The Balaban J connectivity index is 2.55. The zero-order valence-electron chi connectivity index (χ0n) is 9.63. The number of hydrogen-bond acceptors (Lipinski definition) is 2. The predicted octanol–water partition coefficient (Wildman–Crippen LogP) is 3.93. The third kappa shape index (κ3) is 3.12. The molecule has 3 N–H and O–H groups in total. The Morgan fingerprint density at radius 2 is 1.84 bits per heavy atom. The van der Waals surface area contributed by atoms with E-state index in [2.05, 4.69) is 21.4 Å². The second kappa shape index (κ2) is 5.96. The van der Waals surface area contributed by atoms with Gasteiger partial charge in [0.25, 0.3) is 0 Å². The molecule has 2 aromatic carbocycles. The van der Waals surface area contributed by atoms with Crippen molar-refractivity contribution in [3.05, 3.63) is 68.7 Å². The van der Waals surface area contributed by atoms with E-state index in [4.69, 9.17) is 17.4 Å². The fourth-order valence-electron chi connectivity index (χ4n) is 1.82.